The molecule has 2 aromatic heterocycles. The Morgan fingerprint density at radius 3 is 2.96 bits per heavy atom. The molecule has 5 heteroatoms. The van der Waals surface area contributed by atoms with Crippen LogP contribution in [-0.4, -0.2) is 32.0 Å². The van der Waals surface area contributed by atoms with Gasteiger partial charge < -0.3 is 0 Å². The summed E-state index contributed by atoms with van der Waals surface area (Å²) in [6.07, 6.45) is 5.48. The van der Waals surface area contributed by atoms with Gasteiger partial charge >= 0.3 is 0 Å². The molecule has 5 rings (SSSR count). The standard InChI is InChI=1S/C20H20N4O/c25-20-16-8-7-14(17-6-1-3-9-21-17)11-18(16)22-19-13-23-10-4-2-5-15(23)12-24(19)20/h1,3,6-9,11,15H,2,4-5,10,12-13H2. The zero-order valence-corrected chi connectivity index (χ0v) is 14.1. The SMILES string of the molecule is O=c1c2ccc(-c3ccccn3)cc2nc2n1CC1CCCCN1C2. The summed E-state index contributed by atoms with van der Waals surface area (Å²) in [6.45, 7) is 2.68. The molecule has 0 radical (unpaired) electrons. The van der Waals surface area contributed by atoms with Crippen LogP contribution in [0.2, 0.25) is 0 Å². The van der Waals surface area contributed by atoms with Gasteiger partial charge in [0.05, 0.1) is 23.1 Å². The third kappa shape index (κ3) is 2.46. The molecule has 5 nitrogen and oxygen atoms in total. The van der Waals surface area contributed by atoms with Gasteiger partial charge in [-0.05, 0) is 43.7 Å². The minimum atomic E-state index is 0.0952. The smallest absolute Gasteiger partial charge is 0.261 e. The third-order valence-corrected chi connectivity index (χ3v) is 5.48. The minimum absolute atomic E-state index is 0.0952. The number of hydrogen-bond donors (Lipinski definition) is 0. The highest BCUT2D eigenvalue weighted by molar-refractivity contribution is 5.83. The number of hydrogen-bond acceptors (Lipinski definition) is 4. The van der Waals surface area contributed by atoms with E-state index in [0.717, 1.165) is 42.2 Å². The molecule has 3 aromatic rings. The van der Waals surface area contributed by atoms with Gasteiger partial charge in [0.2, 0.25) is 0 Å². The molecule has 0 amide bonds. The lowest BCUT2D eigenvalue weighted by Gasteiger charge is -2.40. The van der Waals surface area contributed by atoms with E-state index in [-0.39, 0.29) is 5.56 Å². The molecule has 1 unspecified atom stereocenters. The fraction of sp³-hybridized carbons (Fsp3) is 0.350. The van der Waals surface area contributed by atoms with Crippen molar-refractivity contribution in [1.82, 2.24) is 19.4 Å². The lowest BCUT2D eigenvalue weighted by molar-refractivity contribution is 0.0952. The molecule has 2 aliphatic rings. The monoisotopic (exact) mass is 332 g/mol. The summed E-state index contributed by atoms with van der Waals surface area (Å²) in [5.74, 6) is 0.897. The largest absolute Gasteiger partial charge is 0.293 e. The Morgan fingerprint density at radius 1 is 1.12 bits per heavy atom. The molecule has 4 heterocycles. The highest BCUT2D eigenvalue weighted by Crippen LogP contribution is 2.26. The highest BCUT2D eigenvalue weighted by atomic mass is 16.1. The van der Waals surface area contributed by atoms with Gasteiger partial charge in [0.1, 0.15) is 5.82 Å². The van der Waals surface area contributed by atoms with Crippen LogP contribution < -0.4 is 5.56 Å². The number of rotatable bonds is 1. The summed E-state index contributed by atoms with van der Waals surface area (Å²) < 4.78 is 1.90. The Morgan fingerprint density at radius 2 is 2.08 bits per heavy atom. The van der Waals surface area contributed by atoms with Crippen molar-refractivity contribution in [3.8, 4) is 11.3 Å². The first-order valence-corrected chi connectivity index (χ1v) is 8.98. The van der Waals surface area contributed by atoms with Crippen molar-refractivity contribution in [2.75, 3.05) is 6.54 Å². The average molecular weight is 332 g/mol. The van der Waals surface area contributed by atoms with Crippen LogP contribution in [0.4, 0.5) is 0 Å². The number of piperidine rings is 1. The van der Waals surface area contributed by atoms with E-state index in [1.54, 1.807) is 6.20 Å². The first kappa shape index (κ1) is 14.8. The molecule has 1 atom stereocenters. The number of nitrogens with zero attached hydrogens (tertiary/aromatic N) is 4. The van der Waals surface area contributed by atoms with Gasteiger partial charge in [0.25, 0.3) is 5.56 Å². The van der Waals surface area contributed by atoms with Crippen LogP contribution in [0, 0.1) is 0 Å². The Bertz CT molecular complexity index is 996. The summed E-state index contributed by atoms with van der Waals surface area (Å²) >= 11 is 0. The number of aromatic nitrogens is 3. The molecular weight excluding hydrogens is 312 g/mol. The summed E-state index contributed by atoms with van der Waals surface area (Å²) in [7, 11) is 0. The van der Waals surface area contributed by atoms with E-state index in [2.05, 4.69) is 9.88 Å². The van der Waals surface area contributed by atoms with E-state index < -0.39 is 0 Å². The van der Waals surface area contributed by atoms with E-state index in [4.69, 9.17) is 4.98 Å². The van der Waals surface area contributed by atoms with Gasteiger partial charge in [-0.1, -0.05) is 18.6 Å². The van der Waals surface area contributed by atoms with Crippen LogP contribution in [0.5, 0.6) is 0 Å². The molecule has 1 saturated heterocycles. The van der Waals surface area contributed by atoms with E-state index >= 15 is 0 Å². The first-order valence-electron chi connectivity index (χ1n) is 8.98. The van der Waals surface area contributed by atoms with Crippen LogP contribution in [-0.2, 0) is 13.1 Å². The highest BCUT2D eigenvalue weighted by Gasteiger charge is 2.30. The van der Waals surface area contributed by atoms with Crippen LogP contribution in [0.25, 0.3) is 22.2 Å². The third-order valence-electron chi connectivity index (χ3n) is 5.48. The van der Waals surface area contributed by atoms with E-state index in [1.807, 2.05) is 41.0 Å². The van der Waals surface area contributed by atoms with Crippen molar-refractivity contribution in [1.29, 1.82) is 0 Å². The van der Waals surface area contributed by atoms with Crippen LogP contribution in [0.1, 0.15) is 25.1 Å². The molecule has 0 bridgehead atoms. The predicted molar refractivity (Wildman–Crippen MR) is 97.3 cm³/mol. The molecule has 1 aromatic carbocycles. The molecule has 1 fully saturated rings. The number of fused-ring (bicyclic) bond motifs is 3. The number of benzene rings is 1. The fourth-order valence-corrected chi connectivity index (χ4v) is 4.14. The number of pyridine rings is 1. The second kappa shape index (κ2) is 5.77. The van der Waals surface area contributed by atoms with Gasteiger partial charge in [-0.3, -0.25) is 19.2 Å². The van der Waals surface area contributed by atoms with Crippen LogP contribution in [0.3, 0.4) is 0 Å². The summed E-state index contributed by atoms with van der Waals surface area (Å²) in [5, 5.41) is 0.702. The van der Waals surface area contributed by atoms with E-state index in [1.165, 1.54) is 19.3 Å². The van der Waals surface area contributed by atoms with Gasteiger partial charge in [-0.25, -0.2) is 4.98 Å². The minimum Gasteiger partial charge on any atom is -0.293 e. The van der Waals surface area contributed by atoms with Crippen molar-refractivity contribution in [3.05, 3.63) is 58.8 Å². The van der Waals surface area contributed by atoms with Crippen LogP contribution >= 0.6 is 0 Å². The lowest BCUT2D eigenvalue weighted by atomic mass is 10.00. The van der Waals surface area contributed by atoms with Gasteiger partial charge in [-0.15, -0.1) is 0 Å². The summed E-state index contributed by atoms with van der Waals surface area (Å²) in [6, 6.07) is 12.2. The topological polar surface area (TPSA) is 51.0 Å². The van der Waals surface area contributed by atoms with E-state index in [0.29, 0.717) is 11.4 Å². The van der Waals surface area contributed by atoms with E-state index in [9.17, 15) is 4.79 Å². The molecule has 2 aliphatic heterocycles. The predicted octanol–water partition coefficient (Wildman–Crippen LogP) is 2.83. The second-order valence-corrected chi connectivity index (χ2v) is 7.01. The zero-order valence-electron chi connectivity index (χ0n) is 14.1. The summed E-state index contributed by atoms with van der Waals surface area (Å²) in [5.41, 5.74) is 2.77. The van der Waals surface area contributed by atoms with Gasteiger partial charge in [-0.2, -0.15) is 0 Å². The van der Waals surface area contributed by atoms with Crippen molar-refractivity contribution >= 4 is 10.9 Å². The molecule has 25 heavy (non-hydrogen) atoms. The maximum absolute atomic E-state index is 13.0. The van der Waals surface area contributed by atoms with Crippen molar-refractivity contribution in [2.24, 2.45) is 0 Å². The molecule has 0 saturated carbocycles. The van der Waals surface area contributed by atoms with Crippen molar-refractivity contribution < 1.29 is 0 Å². The zero-order chi connectivity index (χ0) is 16.8. The Kier molecular flexibility index (Phi) is 3.41. The maximum Gasteiger partial charge on any atom is 0.261 e. The molecule has 0 N–H and O–H groups in total. The summed E-state index contributed by atoms with van der Waals surface area (Å²) in [4.78, 5) is 24.7. The fourth-order valence-electron chi connectivity index (χ4n) is 4.14. The molecule has 0 aliphatic carbocycles. The average Bonchev–Trinajstić information content (AvgIpc) is 2.67. The molecular formula is C20H20N4O. The molecule has 126 valence electrons. The maximum atomic E-state index is 13.0. The Balaban J connectivity index is 1.64. The Labute approximate surface area is 146 Å². The van der Waals surface area contributed by atoms with Gasteiger partial charge in [0, 0.05) is 24.3 Å². The molecule has 0 spiro atoms. The second-order valence-electron chi connectivity index (χ2n) is 7.01. The van der Waals surface area contributed by atoms with Crippen LogP contribution in [0.15, 0.2) is 47.4 Å². The first-order chi connectivity index (χ1) is 12.3. The Hall–Kier alpha value is -2.53. The normalized spacial score (nSPS) is 20.2. The lowest BCUT2D eigenvalue weighted by Crippen LogP contribution is -2.49. The van der Waals surface area contributed by atoms with Crippen molar-refractivity contribution in [3.63, 3.8) is 0 Å². The van der Waals surface area contributed by atoms with Gasteiger partial charge in [0.15, 0.2) is 0 Å². The van der Waals surface area contributed by atoms with Crippen molar-refractivity contribution in [2.45, 2.75) is 38.4 Å². The quantitative estimate of drug-likeness (QED) is 0.688.